The molecule has 0 aromatic heterocycles. The molecule has 1 aliphatic heterocycles. The minimum atomic E-state index is -3.23. The Morgan fingerprint density at radius 3 is 2.17 bits per heavy atom. The molecule has 156 valence electrons. The number of hydroxylamine groups is 2. The highest BCUT2D eigenvalue weighted by atomic mass is 19.3. The fraction of sp³-hybridized carbons (Fsp3) is 0.474. The van der Waals surface area contributed by atoms with Gasteiger partial charge in [-0.25, -0.2) is 18.4 Å². The number of hydrogen-bond acceptors (Lipinski definition) is 6. The van der Waals surface area contributed by atoms with Crippen molar-refractivity contribution in [2.24, 2.45) is 5.92 Å². The number of carbonyl (C=O) groups is 4. The number of nitrogens with zero attached hydrogens (tertiary/aromatic N) is 1. The van der Waals surface area contributed by atoms with Crippen LogP contribution in [-0.2, 0) is 14.4 Å². The number of hydrogen-bond donors (Lipinski definition) is 1. The molecule has 1 aromatic carbocycles. The molecule has 1 saturated carbocycles. The third-order valence-electron chi connectivity index (χ3n) is 4.47. The lowest BCUT2D eigenvalue weighted by molar-refractivity contribution is -0.174. The second-order valence-electron chi connectivity index (χ2n) is 7.98. The zero-order chi connectivity index (χ0) is 21.6. The van der Waals surface area contributed by atoms with E-state index in [2.05, 4.69) is 5.32 Å². The maximum absolute atomic E-state index is 13.9. The van der Waals surface area contributed by atoms with Crippen LogP contribution in [0.15, 0.2) is 24.3 Å². The normalized spacial score (nSPS) is 23.0. The van der Waals surface area contributed by atoms with Crippen molar-refractivity contribution in [3.05, 3.63) is 35.4 Å². The predicted octanol–water partition coefficient (Wildman–Crippen LogP) is 2.68. The Balaban J connectivity index is 1.72. The number of imide groups is 1. The average Bonchev–Trinajstić information content (AvgIpc) is 3.02. The van der Waals surface area contributed by atoms with Crippen LogP contribution in [-0.4, -0.2) is 46.5 Å². The number of ether oxygens (including phenoxy) is 1. The fourth-order valence-corrected chi connectivity index (χ4v) is 3.28. The summed E-state index contributed by atoms with van der Waals surface area (Å²) in [6.07, 6.45) is -2.65. The van der Waals surface area contributed by atoms with Gasteiger partial charge in [0.05, 0.1) is 23.1 Å². The summed E-state index contributed by atoms with van der Waals surface area (Å²) in [4.78, 5) is 53.9. The van der Waals surface area contributed by atoms with Crippen molar-refractivity contribution < 1.29 is 37.5 Å². The molecule has 2 atom stereocenters. The molecule has 1 aliphatic carbocycles. The minimum Gasteiger partial charge on any atom is -0.444 e. The molecule has 10 heteroatoms. The zero-order valence-electron chi connectivity index (χ0n) is 16.0. The quantitative estimate of drug-likeness (QED) is 0.769. The molecule has 2 unspecified atom stereocenters. The number of benzene rings is 1. The van der Waals surface area contributed by atoms with Crippen molar-refractivity contribution in [1.29, 1.82) is 0 Å². The molecular weight excluding hydrogens is 390 g/mol. The lowest BCUT2D eigenvalue weighted by atomic mass is 10.0. The molecule has 0 bridgehead atoms. The van der Waals surface area contributed by atoms with Crippen LogP contribution < -0.4 is 5.32 Å². The monoisotopic (exact) mass is 410 g/mol. The van der Waals surface area contributed by atoms with Gasteiger partial charge in [-0.1, -0.05) is 17.2 Å². The van der Waals surface area contributed by atoms with Gasteiger partial charge >= 0.3 is 12.1 Å². The summed E-state index contributed by atoms with van der Waals surface area (Å²) in [5.74, 6) is -7.62. The molecule has 1 aromatic rings. The van der Waals surface area contributed by atoms with Crippen LogP contribution in [0, 0.1) is 5.92 Å². The fourth-order valence-electron chi connectivity index (χ4n) is 3.28. The van der Waals surface area contributed by atoms with Gasteiger partial charge in [-0.3, -0.25) is 9.59 Å². The SMILES string of the molecule is CC(C)(C)OC(=O)NC1CC(F)(F)CC1C(=O)ON1C(=O)c2ccccc2C1=O. The first kappa shape index (κ1) is 20.7. The van der Waals surface area contributed by atoms with Gasteiger partial charge in [-0.2, -0.15) is 0 Å². The second kappa shape index (κ2) is 7.09. The summed E-state index contributed by atoms with van der Waals surface area (Å²) in [7, 11) is 0. The Morgan fingerprint density at radius 1 is 1.10 bits per heavy atom. The molecule has 3 amide bonds. The number of halogens is 2. The van der Waals surface area contributed by atoms with Gasteiger partial charge in [0.15, 0.2) is 0 Å². The summed E-state index contributed by atoms with van der Waals surface area (Å²) < 4.78 is 32.9. The van der Waals surface area contributed by atoms with Gasteiger partial charge in [0.1, 0.15) is 5.60 Å². The number of rotatable bonds is 3. The molecule has 0 saturated heterocycles. The predicted molar refractivity (Wildman–Crippen MR) is 93.9 cm³/mol. The Hall–Kier alpha value is -3.04. The third-order valence-corrected chi connectivity index (χ3v) is 4.47. The number of amides is 3. The summed E-state index contributed by atoms with van der Waals surface area (Å²) >= 11 is 0. The summed E-state index contributed by atoms with van der Waals surface area (Å²) in [5, 5.41) is 2.51. The summed E-state index contributed by atoms with van der Waals surface area (Å²) in [6.45, 7) is 4.80. The van der Waals surface area contributed by atoms with Crippen LogP contribution in [0.3, 0.4) is 0 Å². The molecule has 2 aliphatic rings. The molecule has 8 nitrogen and oxygen atoms in total. The number of carbonyl (C=O) groups excluding carboxylic acids is 4. The smallest absolute Gasteiger partial charge is 0.407 e. The molecule has 1 heterocycles. The number of fused-ring (bicyclic) bond motifs is 1. The van der Waals surface area contributed by atoms with Gasteiger partial charge in [-0.05, 0) is 32.9 Å². The lowest BCUT2D eigenvalue weighted by Gasteiger charge is -2.24. The largest absolute Gasteiger partial charge is 0.444 e. The van der Waals surface area contributed by atoms with E-state index in [0.29, 0.717) is 0 Å². The van der Waals surface area contributed by atoms with Crippen molar-refractivity contribution in [1.82, 2.24) is 10.4 Å². The van der Waals surface area contributed by atoms with Crippen molar-refractivity contribution in [3.63, 3.8) is 0 Å². The maximum Gasteiger partial charge on any atom is 0.407 e. The Labute approximate surface area is 165 Å². The van der Waals surface area contributed by atoms with E-state index in [1.165, 1.54) is 24.3 Å². The van der Waals surface area contributed by atoms with Crippen LogP contribution >= 0.6 is 0 Å². The van der Waals surface area contributed by atoms with Crippen molar-refractivity contribution in [2.45, 2.75) is 51.2 Å². The minimum absolute atomic E-state index is 0.0467. The van der Waals surface area contributed by atoms with Gasteiger partial charge in [0.2, 0.25) is 0 Å². The van der Waals surface area contributed by atoms with Crippen molar-refractivity contribution in [2.75, 3.05) is 0 Å². The number of alkyl carbamates (subject to hydrolysis) is 1. The highest BCUT2D eigenvalue weighted by molar-refractivity contribution is 6.20. The van der Waals surface area contributed by atoms with Gasteiger partial charge in [-0.15, -0.1) is 0 Å². The van der Waals surface area contributed by atoms with Crippen LogP contribution in [0.4, 0.5) is 13.6 Å². The van der Waals surface area contributed by atoms with Gasteiger partial charge < -0.3 is 14.9 Å². The van der Waals surface area contributed by atoms with E-state index < -0.39 is 60.2 Å². The Morgan fingerprint density at radius 2 is 1.66 bits per heavy atom. The standard InChI is InChI=1S/C19H20F2N2O6/c1-18(2,3)28-17(27)22-13-9-19(20,21)8-12(13)16(26)29-23-14(24)10-6-4-5-7-11(10)15(23)25/h4-7,12-13H,8-9H2,1-3H3,(H,22,27). The van der Waals surface area contributed by atoms with Crippen LogP contribution in [0.5, 0.6) is 0 Å². The highest BCUT2D eigenvalue weighted by Crippen LogP contribution is 2.40. The van der Waals surface area contributed by atoms with Gasteiger partial charge in [0.25, 0.3) is 17.7 Å². The van der Waals surface area contributed by atoms with E-state index >= 15 is 0 Å². The Kier molecular flexibility index (Phi) is 5.06. The van der Waals surface area contributed by atoms with E-state index in [0.717, 1.165) is 0 Å². The van der Waals surface area contributed by atoms with E-state index in [9.17, 15) is 28.0 Å². The first-order chi connectivity index (χ1) is 13.4. The van der Waals surface area contributed by atoms with Gasteiger partial charge in [0, 0.05) is 12.8 Å². The van der Waals surface area contributed by atoms with E-state index in [1.807, 2.05) is 0 Å². The van der Waals surface area contributed by atoms with E-state index in [1.54, 1.807) is 20.8 Å². The first-order valence-electron chi connectivity index (χ1n) is 8.95. The molecule has 3 rings (SSSR count). The zero-order valence-corrected chi connectivity index (χ0v) is 16.0. The summed E-state index contributed by atoms with van der Waals surface area (Å²) in [6, 6.07) is 4.57. The molecule has 1 N–H and O–H groups in total. The first-order valence-corrected chi connectivity index (χ1v) is 8.95. The lowest BCUT2D eigenvalue weighted by Crippen LogP contribution is -2.45. The molecule has 29 heavy (non-hydrogen) atoms. The van der Waals surface area contributed by atoms with E-state index in [-0.39, 0.29) is 16.2 Å². The molecule has 0 radical (unpaired) electrons. The average molecular weight is 410 g/mol. The molecule has 1 fully saturated rings. The third kappa shape index (κ3) is 4.36. The second-order valence-corrected chi connectivity index (χ2v) is 7.98. The van der Waals surface area contributed by atoms with Crippen molar-refractivity contribution >= 4 is 23.9 Å². The highest BCUT2D eigenvalue weighted by Gasteiger charge is 2.52. The maximum atomic E-state index is 13.9. The Bertz CT molecular complexity index is 845. The van der Waals surface area contributed by atoms with Crippen LogP contribution in [0.25, 0.3) is 0 Å². The molecular formula is C19H20F2N2O6. The van der Waals surface area contributed by atoms with E-state index in [4.69, 9.17) is 9.57 Å². The number of nitrogens with one attached hydrogen (secondary N) is 1. The molecule has 0 spiro atoms. The summed E-state index contributed by atoms with van der Waals surface area (Å²) in [5.41, 5.74) is -0.766. The van der Waals surface area contributed by atoms with Crippen molar-refractivity contribution in [3.8, 4) is 0 Å². The number of alkyl halides is 2. The van der Waals surface area contributed by atoms with Crippen LogP contribution in [0.1, 0.15) is 54.3 Å². The topological polar surface area (TPSA) is 102 Å². The van der Waals surface area contributed by atoms with Crippen LogP contribution in [0.2, 0.25) is 0 Å².